The van der Waals surface area contributed by atoms with E-state index in [-0.39, 0.29) is 12.7 Å². The standard InChI is InChI=1S/C5H10O3.C3H5ClO/c1-3-5(7)4(6)2-8-3;4-1-3-2-5-3/h3-7H,2H2,1H3;3H,1-2H2. The maximum absolute atomic E-state index is 8.89. The molecule has 0 amide bonds. The summed E-state index contributed by atoms with van der Waals surface area (Å²) in [7, 11) is 0. The Morgan fingerprint density at radius 2 is 1.92 bits per heavy atom. The molecular formula is C8H15ClO4. The lowest BCUT2D eigenvalue weighted by atomic mass is 10.2. The fourth-order valence-electron chi connectivity index (χ4n) is 0.918. The van der Waals surface area contributed by atoms with Crippen molar-refractivity contribution >= 4 is 11.6 Å². The molecule has 2 saturated heterocycles. The van der Waals surface area contributed by atoms with Crippen molar-refractivity contribution in [2.75, 3.05) is 19.1 Å². The number of aliphatic hydroxyl groups excluding tert-OH is 2. The Hall–Kier alpha value is 0.130. The summed E-state index contributed by atoms with van der Waals surface area (Å²) in [6, 6.07) is 0. The number of alkyl halides is 1. The van der Waals surface area contributed by atoms with Crippen LogP contribution in [0.25, 0.3) is 0 Å². The van der Waals surface area contributed by atoms with Crippen molar-refractivity contribution in [1.29, 1.82) is 0 Å². The van der Waals surface area contributed by atoms with Crippen molar-refractivity contribution in [2.24, 2.45) is 0 Å². The van der Waals surface area contributed by atoms with E-state index >= 15 is 0 Å². The maximum atomic E-state index is 8.89. The van der Waals surface area contributed by atoms with Gasteiger partial charge in [-0.3, -0.25) is 0 Å². The highest BCUT2D eigenvalue weighted by molar-refractivity contribution is 6.18. The van der Waals surface area contributed by atoms with Gasteiger partial charge in [-0.05, 0) is 6.92 Å². The number of rotatable bonds is 1. The van der Waals surface area contributed by atoms with Crippen LogP contribution in [0.3, 0.4) is 0 Å². The molecule has 4 unspecified atom stereocenters. The maximum Gasteiger partial charge on any atom is 0.108 e. The van der Waals surface area contributed by atoms with Gasteiger partial charge in [-0.1, -0.05) is 0 Å². The summed E-state index contributed by atoms with van der Waals surface area (Å²) < 4.78 is 9.60. The molecule has 5 heteroatoms. The molecule has 2 aliphatic heterocycles. The van der Waals surface area contributed by atoms with Gasteiger partial charge in [-0.25, -0.2) is 0 Å². The highest BCUT2D eigenvalue weighted by atomic mass is 35.5. The van der Waals surface area contributed by atoms with Crippen LogP contribution in [0.4, 0.5) is 0 Å². The monoisotopic (exact) mass is 210 g/mol. The van der Waals surface area contributed by atoms with E-state index in [0.29, 0.717) is 12.0 Å². The molecule has 2 rings (SSSR count). The van der Waals surface area contributed by atoms with E-state index in [1.807, 2.05) is 0 Å². The van der Waals surface area contributed by atoms with Gasteiger partial charge in [0.1, 0.15) is 12.2 Å². The fraction of sp³-hybridized carbons (Fsp3) is 1.00. The number of ether oxygens (including phenoxy) is 2. The van der Waals surface area contributed by atoms with Crippen molar-refractivity contribution in [1.82, 2.24) is 0 Å². The molecule has 2 heterocycles. The summed E-state index contributed by atoms with van der Waals surface area (Å²) in [5.74, 6) is 0.667. The van der Waals surface area contributed by atoms with Gasteiger partial charge in [-0.2, -0.15) is 0 Å². The molecule has 2 N–H and O–H groups in total. The Balaban J connectivity index is 0.000000145. The summed E-state index contributed by atoms with van der Waals surface area (Å²) >= 11 is 5.27. The number of aliphatic hydroxyl groups is 2. The average Bonchev–Trinajstić information content (AvgIpc) is 2.92. The zero-order valence-electron chi connectivity index (χ0n) is 7.52. The van der Waals surface area contributed by atoms with Gasteiger partial charge < -0.3 is 19.7 Å². The van der Waals surface area contributed by atoms with Crippen LogP contribution in [0.15, 0.2) is 0 Å². The van der Waals surface area contributed by atoms with E-state index in [2.05, 4.69) is 0 Å². The average molecular weight is 211 g/mol. The van der Waals surface area contributed by atoms with Crippen LogP contribution >= 0.6 is 11.6 Å². The second-order valence-corrected chi connectivity index (χ2v) is 3.51. The van der Waals surface area contributed by atoms with Crippen molar-refractivity contribution in [3.8, 4) is 0 Å². The number of hydrogen-bond acceptors (Lipinski definition) is 4. The molecule has 0 radical (unpaired) electrons. The minimum absolute atomic E-state index is 0.204. The third kappa shape index (κ3) is 3.79. The third-order valence-corrected chi connectivity index (χ3v) is 2.32. The van der Waals surface area contributed by atoms with E-state index in [4.69, 9.17) is 31.3 Å². The van der Waals surface area contributed by atoms with Gasteiger partial charge >= 0.3 is 0 Å². The normalized spacial score (nSPS) is 42.5. The Morgan fingerprint density at radius 1 is 1.31 bits per heavy atom. The minimum Gasteiger partial charge on any atom is -0.388 e. The molecule has 0 aromatic rings. The Morgan fingerprint density at radius 3 is 2.00 bits per heavy atom. The molecule has 0 saturated carbocycles. The second kappa shape index (κ2) is 5.12. The predicted molar refractivity (Wildman–Crippen MR) is 47.9 cm³/mol. The van der Waals surface area contributed by atoms with Gasteiger partial charge in [0.15, 0.2) is 0 Å². The molecule has 0 aromatic heterocycles. The number of hydrogen-bond donors (Lipinski definition) is 2. The highest BCUT2D eigenvalue weighted by Crippen LogP contribution is 2.12. The van der Waals surface area contributed by atoms with Crippen LogP contribution in [-0.2, 0) is 9.47 Å². The SMILES string of the molecule is CC1OCC(O)C1O.ClCC1CO1. The molecule has 13 heavy (non-hydrogen) atoms. The molecule has 4 nitrogen and oxygen atoms in total. The van der Waals surface area contributed by atoms with Crippen LogP contribution in [0.2, 0.25) is 0 Å². The van der Waals surface area contributed by atoms with E-state index < -0.39 is 12.2 Å². The van der Waals surface area contributed by atoms with Crippen LogP contribution < -0.4 is 0 Å². The third-order valence-electron chi connectivity index (χ3n) is 1.98. The topological polar surface area (TPSA) is 62.2 Å². The molecule has 2 aliphatic rings. The van der Waals surface area contributed by atoms with Crippen molar-refractivity contribution in [3.63, 3.8) is 0 Å². The minimum atomic E-state index is -0.685. The fourth-order valence-corrected chi connectivity index (χ4v) is 1.10. The molecule has 78 valence electrons. The predicted octanol–water partition coefficient (Wildman–Crippen LogP) is -0.249. The van der Waals surface area contributed by atoms with E-state index in [1.54, 1.807) is 6.92 Å². The van der Waals surface area contributed by atoms with E-state index in [9.17, 15) is 0 Å². The molecular weight excluding hydrogens is 196 g/mol. The summed E-state index contributed by atoms with van der Waals surface area (Å²) in [4.78, 5) is 0. The molecule has 2 fully saturated rings. The van der Waals surface area contributed by atoms with Crippen molar-refractivity contribution < 1.29 is 19.7 Å². The first-order valence-electron chi connectivity index (χ1n) is 4.30. The highest BCUT2D eigenvalue weighted by Gasteiger charge is 2.30. The lowest BCUT2D eigenvalue weighted by Gasteiger charge is -2.07. The lowest BCUT2D eigenvalue weighted by molar-refractivity contribution is 0.0318. The Labute approximate surface area is 82.4 Å². The summed E-state index contributed by atoms with van der Waals surface area (Å²) in [5, 5.41) is 17.7. The van der Waals surface area contributed by atoms with Gasteiger partial charge in [-0.15, -0.1) is 11.6 Å². The molecule has 0 spiro atoms. The summed E-state index contributed by atoms with van der Waals surface area (Å²) in [6.45, 7) is 2.88. The Kier molecular flexibility index (Phi) is 4.41. The van der Waals surface area contributed by atoms with Crippen LogP contribution in [0.5, 0.6) is 0 Å². The van der Waals surface area contributed by atoms with Gasteiger partial charge in [0.2, 0.25) is 0 Å². The van der Waals surface area contributed by atoms with E-state index in [0.717, 1.165) is 6.61 Å². The molecule has 4 atom stereocenters. The van der Waals surface area contributed by atoms with E-state index in [1.165, 1.54) is 0 Å². The van der Waals surface area contributed by atoms with Gasteiger partial charge in [0.25, 0.3) is 0 Å². The lowest BCUT2D eigenvalue weighted by Crippen LogP contribution is -2.27. The zero-order chi connectivity index (χ0) is 9.84. The molecule has 0 aromatic carbocycles. The molecule has 0 aliphatic carbocycles. The second-order valence-electron chi connectivity index (χ2n) is 3.21. The summed E-state index contributed by atoms with van der Waals surface area (Å²) in [5.41, 5.74) is 0. The number of halogens is 1. The van der Waals surface area contributed by atoms with Gasteiger partial charge in [0, 0.05) is 0 Å². The number of epoxide rings is 1. The smallest absolute Gasteiger partial charge is 0.108 e. The first-order chi connectivity index (χ1) is 6.15. The summed E-state index contributed by atoms with van der Waals surface area (Å²) in [6.07, 6.45) is -1.17. The first-order valence-corrected chi connectivity index (χ1v) is 4.84. The van der Waals surface area contributed by atoms with Crippen molar-refractivity contribution in [2.45, 2.75) is 31.3 Å². The van der Waals surface area contributed by atoms with Crippen LogP contribution in [-0.4, -0.2) is 53.7 Å². The Bertz CT molecular complexity index is 141. The zero-order valence-corrected chi connectivity index (χ0v) is 8.28. The van der Waals surface area contributed by atoms with Crippen molar-refractivity contribution in [3.05, 3.63) is 0 Å². The quantitative estimate of drug-likeness (QED) is 0.463. The van der Waals surface area contributed by atoms with Gasteiger partial charge in [0.05, 0.1) is 31.3 Å². The van der Waals surface area contributed by atoms with Crippen LogP contribution in [0, 0.1) is 0 Å². The molecule has 0 bridgehead atoms. The van der Waals surface area contributed by atoms with Crippen LogP contribution in [0.1, 0.15) is 6.92 Å². The largest absolute Gasteiger partial charge is 0.388 e. The first kappa shape index (κ1) is 11.2.